The first-order valence-electron chi connectivity index (χ1n) is 6.18. The van der Waals surface area contributed by atoms with Gasteiger partial charge in [-0.2, -0.15) is 10.4 Å². The predicted octanol–water partition coefficient (Wildman–Crippen LogP) is 2.99. The zero-order chi connectivity index (χ0) is 13.9. The topological polar surface area (TPSA) is 67.6 Å². The van der Waals surface area contributed by atoms with Crippen molar-refractivity contribution >= 4 is 5.69 Å². The van der Waals surface area contributed by atoms with E-state index in [9.17, 15) is 0 Å². The molecule has 1 aromatic heterocycles. The number of benzene rings is 2. The second-order valence-corrected chi connectivity index (χ2v) is 4.43. The lowest BCUT2D eigenvalue weighted by molar-refractivity contribution is 0.877. The van der Waals surface area contributed by atoms with Crippen LogP contribution in [0.2, 0.25) is 0 Å². The zero-order valence-electron chi connectivity index (χ0n) is 10.7. The fraction of sp³-hybridized carbons (Fsp3) is 0. The Hall–Kier alpha value is -3.06. The number of nitrogen functional groups attached to an aromatic ring is 1. The number of nitrogens with two attached hydrogens (primary N) is 1. The summed E-state index contributed by atoms with van der Waals surface area (Å²) in [6.07, 6.45) is 3.66. The van der Waals surface area contributed by atoms with Crippen molar-refractivity contribution in [2.24, 2.45) is 0 Å². The van der Waals surface area contributed by atoms with Crippen molar-refractivity contribution in [1.29, 1.82) is 5.26 Å². The molecule has 0 aliphatic rings. The van der Waals surface area contributed by atoms with Crippen LogP contribution in [0.5, 0.6) is 0 Å². The predicted molar refractivity (Wildman–Crippen MR) is 78.1 cm³/mol. The Morgan fingerprint density at radius 3 is 2.70 bits per heavy atom. The number of rotatable bonds is 2. The number of hydrogen-bond donors (Lipinski definition) is 1. The molecule has 0 bridgehead atoms. The van der Waals surface area contributed by atoms with Crippen LogP contribution in [0.25, 0.3) is 16.8 Å². The van der Waals surface area contributed by atoms with E-state index in [2.05, 4.69) is 11.2 Å². The first-order valence-corrected chi connectivity index (χ1v) is 6.18. The monoisotopic (exact) mass is 260 g/mol. The Kier molecular flexibility index (Phi) is 2.94. The fourth-order valence-electron chi connectivity index (χ4n) is 2.09. The molecule has 2 aromatic carbocycles. The van der Waals surface area contributed by atoms with Crippen LogP contribution in [0, 0.1) is 11.3 Å². The van der Waals surface area contributed by atoms with E-state index in [1.165, 1.54) is 0 Å². The van der Waals surface area contributed by atoms with Gasteiger partial charge in [0.15, 0.2) is 0 Å². The number of nitrogens with zero attached hydrogens (tertiary/aromatic N) is 3. The molecule has 4 heteroatoms. The summed E-state index contributed by atoms with van der Waals surface area (Å²) in [4.78, 5) is 0. The Morgan fingerprint density at radius 1 is 1.05 bits per heavy atom. The lowest BCUT2D eigenvalue weighted by Gasteiger charge is -2.03. The van der Waals surface area contributed by atoms with Crippen molar-refractivity contribution < 1.29 is 0 Å². The molecule has 0 unspecified atom stereocenters. The highest BCUT2D eigenvalue weighted by molar-refractivity contribution is 5.66. The summed E-state index contributed by atoms with van der Waals surface area (Å²) >= 11 is 0. The number of nitriles is 1. The van der Waals surface area contributed by atoms with Crippen molar-refractivity contribution in [3.63, 3.8) is 0 Å². The van der Waals surface area contributed by atoms with Crippen molar-refractivity contribution in [2.75, 3.05) is 5.73 Å². The summed E-state index contributed by atoms with van der Waals surface area (Å²) in [6, 6.07) is 17.2. The molecule has 4 nitrogen and oxygen atoms in total. The standard InChI is InChI=1S/C16H12N4/c17-9-13-4-1-2-7-16(13)20-11-14(10-19-20)12-5-3-6-15(18)8-12/h1-8,10-11H,18H2. The second kappa shape index (κ2) is 4.90. The fourth-order valence-corrected chi connectivity index (χ4v) is 2.09. The van der Waals surface area contributed by atoms with Gasteiger partial charge in [-0.15, -0.1) is 0 Å². The highest BCUT2D eigenvalue weighted by atomic mass is 15.3. The van der Waals surface area contributed by atoms with Gasteiger partial charge in [0.1, 0.15) is 6.07 Å². The van der Waals surface area contributed by atoms with E-state index in [0.29, 0.717) is 11.3 Å². The molecular formula is C16H12N4. The smallest absolute Gasteiger partial charge is 0.101 e. The third-order valence-corrected chi connectivity index (χ3v) is 3.07. The van der Waals surface area contributed by atoms with Gasteiger partial charge in [0.2, 0.25) is 0 Å². The van der Waals surface area contributed by atoms with Crippen LogP contribution in [0.1, 0.15) is 5.56 Å². The number of anilines is 1. The molecule has 2 N–H and O–H groups in total. The first-order chi connectivity index (χ1) is 9.78. The van der Waals surface area contributed by atoms with Gasteiger partial charge in [-0.05, 0) is 29.8 Å². The molecule has 0 saturated carbocycles. The minimum Gasteiger partial charge on any atom is -0.399 e. The molecule has 3 rings (SSSR count). The zero-order valence-corrected chi connectivity index (χ0v) is 10.7. The van der Waals surface area contributed by atoms with E-state index in [0.717, 1.165) is 16.8 Å². The number of hydrogen-bond acceptors (Lipinski definition) is 3. The first kappa shape index (κ1) is 12.0. The Morgan fingerprint density at radius 2 is 1.90 bits per heavy atom. The third-order valence-electron chi connectivity index (χ3n) is 3.07. The Balaban J connectivity index is 2.05. The molecule has 0 saturated heterocycles. The van der Waals surface area contributed by atoms with Crippen molar-refractivity contribution in [3.8, 4) is 22.9 Å². The SMILES string of the molecule is N#Cc1ccccc1-n1cc(-c2cccc(N)c2)cn1. The summed E-state index contributed by atoms with van der Waals surface area (Å²) in [5.41, 5.74) is 9.83. The van der Waals surface area contributed by atoms with Gasteiger partial charge in [-0.1, -0.05) is 24.3 Å². The molecule has 1 heterocycles. The average molecular weight is 260 g/mol. The van der Waals surface area contributed by atoms with E-state index in [4.69, 9.17) is 11.0 Å². The van der Waals surface area contributed by atoms with E-state index in [1.807, 2.05) is 48.7 Å². The van der Waals surface area contributed by atoms with E-state index < -0.39 is 0 Å². The highest BCUT2D eigenvalue weighted by Gasteiger charge is 2.07. The van der Waals surface area contributed by atoms with Crippen LogP contribution in [0.3, 0.4) is 0 Å². The largest absolute Gasteiger partial charge is 0.399 e. The molecule has 3 aromatic rings. The van der Waals surface area contributed by atoms with Gasteiger partial charge in [-0.25, -0.2) is 4.68 Å². The maximum absolute atomic E-state index is 9.13. The molecule has 0 spiro atoms. The second-order valence-electron chi connectivity index (χ2n) is 4.43. The van der Waals surface area contributed by atoms with Gasteiger partial charge in [0, 0.05) is 17.4 Å². The normalized spacial score (nSPS) is 10.2. The lowest BCUT2D eigenvalue weighted by atomic mass is 10.1. The van der Waals surface area contributed by atoms with Gasteiger partial charge in [-0.3, -0.25) is 0 Å². The molecule has 0 aliphatic carbocycles. The van der Waals surface area contributed by atoms with Crippen molar-refractivity contribution in [1.82, 2.24) is 9.78 Å². The van der Waals surface area contributed by atoms with E-state index >= 15 is 0 Å². The molecule has 96 valence electrons. The van der Waals surface area contributed by atoms with Gasteiger partial charge >= 0.3 is 0 Å². The Labute approximate surface area is 116 Å². The maximum atomic E-state index is 9.13. The quantitative estimate of drug-likeness (QED) is 0.720. The highest BCUT2D eigenvalue weighted by Crippen LogP contribution is 2.22. The summed E-state index contributed by atoms with van der Waals surface area (Å²) in [5.74, 6) is 0. The molecule has 0 aliphatic heterocycles. The number of para-hydroxylation sites is 1. The average Bonchev–Trinajstić information content (AvgIpc) is 2.97. The molecule has 20 heavy (non-hydrogen) atoms. The molecule has 0 atom stereocenters. The summed E-state index contributed by atoms with van der Waals surface area (Å²) in [7, 11) is 0. The van der Waals surface area contributed by atoms with Crippen LogP contribution < -0.4 is 5.73 Å². The van der Waals surface area contributed by atoms with Crippen molar-refractivity contribution in [2.45, 2.75) is 0 Å². The molecule has 0 radical (unpaired) electrons. The Bertz CT molecular complexity index is 796. The summed E-state index contributed by atoms with van der Waals surface area (Å²) in [6.45, 7) is 0. The van der Waals surface area contributed by atoms with Crippen molar-refractivity contribution in [3.05, 3.63) is 66.5 Å². The van der Waals surface area contributed by atoms with Crippen LogP contribution >= 0.6 is 0 Å². The van der Waals surface area contributed by atoms with E-state index in [1.54, 1.807) is 16.9 Å². The number of aromatic nitrogens is 2. The van der Waals surface area contributed by atoms with Gasteiger partial charge < -0.3 is 5.73 Å². The third kappa shape index (κ3) is 2.13. The molecule has 0 amide bonds. The van der Waals surface area contributed by atoms with Gasteiger partial charge in [0.25, 0.3) is 0 Å². The van der Waals surface area contributed by atoms with Crippen LogP contribution in [-0.2, 0) is 0 Å². The molecular weight excluding hydrogens is 248 g/mol. The minimum absolute atomic E-state index is 0.592. The maximum Gasteiger partial charge on any atom is 0.101 e. The van der Waals surface area contributed by atoms with E-state index in [-0.39, 0.29) is 0 Å². The van der Waals surface area contributed by atoms with Crippen LogP contribution in [0.4, 0.5) is 5.69 Å². The summed E-state index contributed by atoms with van der Waals surface area (Å²) < 4.78 is 1.71. The summed E-state index contributed by atoms with van der Waals surface area (Å²) in [5, 5.41) is 13.5. The minimum atomic E-state index is 0.592. The van der Waals surface area contributed by atoms with Crippen LogP contribution in [-0.4, -0.2) is 9.78 Å². The molecule has 0 fully saturated rings. The van der Waals surface area contributed by atoms with Gasteiger partial charge in [0.05, 0.1) is 17.4 Å². The van der Waals surface area contributed by atoms with Crippen LogP contribution in [0.15, 0.2) is 60.9 Å². The lowest BCUT2D eigenvalue weighted by Crippen LogP contribution is -1.96.